The Bertz CT molecular complexity index is 565. The average molecular weight is 271 g/mol. The molecule has 7 heteroatoms. The van der Waals surface area contributed by atoms with Crippen molar-refractivity contribution in [1.82, 2.24) is 15.5 Å². The summed E-state index contributed by atoms with van der Waals surface area (Å²) in [5, 5.41) is 6.59. The quantitative estimate of drug-likeness (QED) is 0.932. The number of nitrogens with zero attached hydrogens (tertiary/aromatic N) is 2. The van der Waals surface area contributed by atoms with E-state index in [0.29, 0.717) is 5.89 Å². The smallest absolute Gasteiger partial charge is 0.337 e. The molecule has 1 aromatic carbocycles. The molecule has 0 radical (unpaired) electrons. The number of halogens is 3. The Labute approximate surface area is 107 Å². The lowest BCUT2D eigenvalue weighted by atomic mass is 10.1. The van der Waals surface area contributed by atoms with E-state index in [1.165, 1.54) is 12.1 Å². The molecule has 0 saturated heterocycles. The van der Waals surface area contributed by atoms with Crippen LogP contribution in [0.1, 0.15) is 24.4 Å². The summed E-state index contributed by atoms with van der Waals surface area (Å²) in [6, 6.07) is 4.66. The van der Waals surface area contributed by atoms with Gasteiger partial charge in [0.15, 0.2) is 0 Å². The molecule has 1 aromatic heterocycles. The van der Waals surface area contributed by atoms with E-state index in [1.54, 1.807) is 7.05 Å². The van der Waals surface area contributed by atoms with Gasteiger partial charge in [-0.2, -0.15) is 18.2 Å². The van der Waals surface area contributed by atoms with E-state index in [2.05, 4.69) is 15.5 Å². The second-order valence-electron chi connectivity index (χ2n) is 4.05. The van der Waals surface area contributed by atoms with Crippen molar-refractivity contribution < 1.29 is 17.7 Å². The Balaban J connectivity index is 2.34. The summed E-state index contributed by atoms with van der Waals surface area (Å²) >= 11 is 0. The zero-order chi connectivity index (χ0) is 14.0. The lowest BCUT2D eigenvalue weighted by Crippen LogP contribution is -2.12. The first-order chi connectivity index (χ1) is 8.91. The van der Waals surface area contributed by atoms with Gasteiger partial charge in [0.1, 0.15) is 0 Å². The molecular weight excluding hydrogens is 259 g/mol. The summed E-state index contributed by atoms with van der Waals surface area (Å²) in [5.74, 6) is 0.470. The van der Waals surface area contributed by atoms with E-state index in [9.17, 15) is 13.2 Å². The van der Waals surface area contributed by atoms with Crippen LogP contribution in [0.2, 0.25) is 0 Å². The number of rotatable bonds is 3. The van der Waals surface area contributed by atoms with Crippen molar-refractivity contribution in [3.05, 3.63) is 35.7 Å². The first-order valence-electron chi connectivity index (χ1n) is 5.60. The zero-order valence-electron chi connectivity index (χ0n) is 10.3. The van der Waals surface area contributed by atoms with Crippen LogP contribution in [0.25, 0.3) is 11.4 Å². The Hall–Kier alpha value is -1.89. The molecule has 0 amide bonds. The van der Waals surface area contributed by atoms with Crippen LogP contribution < -0.4 is 5.32 Å². The molecule has 0 spiro atoms. The van der Waals surface area contributed by atoms with Crippen LogP contribution in [0.4, 0.5) is 13.2 Å². The second kappa shape index (κ2) is 5.00. The Morgan fingerprint density at radius 2 is 2.05 bits per heavy atom. The minimum absolute atomic E-state index is 0.142. The summed E-state index contributed by atoms with van der Waals surface area (Å²) < 4.78 is 42.8. The van der Waals surface area contributed by atoms with Gasteiger partial charge in [0.05, 0.1) is 11.6 Å². The lowest BCUT2D eigenvalue weighted by molar-refractivity contribution is -0.137. The van der Waals surface area contributed by atoms with Crippen LogP contribution in [0.15, 0.2) is 28.8 Å². The molecular formula is C12H12F3N3O. The molecule has 0 aliphatic heterocycles. The summed E-state index contributed by atoms with van der Waals surface area (Å²) in [5.41, 5.74) is -0.467. The van der Waals surface area contributed by atoms with Crippen LogP contribution >= 0.6 is 0 Å². The Morgan fingerprint density at radius 3 is 2.68 bits per heavy atom. The van der Waals surface area contributed by atoms with Gasteiger partial charge in [-0.3, -0.25) is 0 Å². The molecule has 2 rings (SSSR count). The van der Waals surface area contributed by atoms with Gasteiger partial charge in [0.2, 0.25) is 11.7 Å². The number of benzene rings is 1. The molecule has 0 bridgehead atoms. The highest BCUT2D eigenvalue weighted by molar-refractivity contribution is 5.55. The van der Waals surface area contributed by atoms with Gasteiger partial charge in [-0.05, 0) is 26.1 Å². The number of aromatic nitrogens is 2. The average Bonchev–Trinajstić information content (AvgIpc) is 2.86. The minimum Gasteiger partial charge on any atom is -0.337 e. The molecule has 102 valence electrons. The van der Waals surface area contributed by atoms with Gasteiger partial charge >= 0.3 is 6.18 Å². The van der Waals surface area contributed by atoms with E-state index in [0.717, 1.165) is 12.1 Å². The first kappa shape index (κ1) is 13.5. The molecule has 0 aliphatic carbocycles. The normalized spacial score (nSPS) is 13.5. The summed E-state index contributed by atoms with van der Waals surface area (Å²) in [6.07, 6.45) is -4.39. The molecule has 1 heterocycles. The third-order valence-corrected chi connectivity index (χ3v) is 2.69. The molecule has 0 aliphatic rings. The van der Waals surface area contributed by atoms with Gasteiger partial charge in [-0.25, -0.2) is 0 Å². The SMILES string of the molecule is CNC(C)c1nc(-c2cccc(C(F)(F)F)c2)no1. The maximum Gasteiger partial charge on any atom is 0.416 e. The Morgan fingerprint density at radius 1 is 1.32 bits per heavy atom. The van der Waals surface area contributed by atoms with Crippen LogP contribution in [0, 0.1) is 0 Å². The highest BCUT2D eigenvalue weighted by Gasteiger charge is 2.30. The fourth-order valence-corrected chi connectivity index (χ4v) is 1.49. The van der Waals surface area contributed by atoms with E-state index in [-0.39, 0.29) is 17.4 Å². The van der Waals surface area contributed by atoms with E-state index >= 15 is 0 Å². The maximum absolute atomic E-state index is 12.6. The maximum atomic E-state index is 12.6. The van der Waals surface area contributed by atoms with Crippen molar-refractivity contribution in [3.63, 3.8) is 0 Å². The third kappa shape index (κ3) is 2.93. The van der Waals surface area contributed by atoms with Crippen LogP contribution in [-0.4, -0.2) is 17.2 Å². The molecule has 2 aromatic rings. The number of hydrogen-bond acceptors (Lipinski definition) is 4. The summed E-state index contributed by atoms with van der Waals surface area (Å²) in [4.78, 5) is 4.07. The largest absolute Gasteiger partial charge is 0.416 e. The zero-order valence-corrected chi connectivity index (χ0v) is 10.3. The molecule has 1 N–H and O–H groups in total. The molecule has 0 fully saturated rings. The number of alkyl halides is 3. The lowest BCUT2D eigenvalue weighted by Gasteiger charge is -2.06. The fourth-order valence-electron chi connectivity index (χ4n) is 1.49. The fraction of sp³-hybridized carbons (Fsp3) is 0.333. The van der Waals surface area contributed by atoms with Gasteiger partial charge in [0, 0.05) is 5.56 Å². The monoisotopic (exact) mass is 271 g/mol. The van der Waals surface area contributed by atoms with Crippen LogP contribution in [0.5, 0.6) is 0 Å². The van der Waals surface area contributed by atoms with Gasteiger partial charge < -0.3 is 9.84 Å². The second-order valence-corrected chi connectivity index (χ2v) is 4.05. The Kier molecular flexibility index (Phi) is 3.57. The van der Waals surface area contributed by atoms with Crippen molar-refractivity contribution in [1.29, 1.82) is 0 Å². The topological polar surface area (TPSA) is 51.0 Å². The van der Waals surface area contributed by atoms with Crippen LogP contribution in [0.3, 0.4) is 0 Å². The number of hydrogen-bond donors (Lipinski definition) is 1. The van der Waals surface area contributed by atoms with Gasteiger partial charge in [-0.15, -0.1) is 0 Å². The molecule has 0 saturated carbocycles. The minimum atomic E-state index is -4.39. The first-order valence-corrected chi connectivity index (χ1v) is 5.60. The van der Waals surface area contributed by atoms with Crippen molar-refractivity contribution in [2.75, 3.05) is 7.05 Å². The summed E-state index contributed by atoms with van der Waals surface area (Å²) in [6.45, 7) is 1.81. The predicted octanol–water partition coefficient (Wildman–Crippen LogP) is 3.04. The van der Waals surface area contributed by atoms with E-state index in [4.69, 9.17) is 4.52 Å². The van der Waals surface area contributed by atoms with Crippen LogP contribution in [-0.2, 0) is 6.18 Å². The van der Waals surface area contributed by atoms with Crippen molar-refractivity contribution in [3.8, 4) is 11.4 Å². The molecule has 4 nitrogen and oxygen atoms in total. The molecule has 19 heavy (non-hydrogen) atoms. The summed E-state index contributed by atoms with van der Waals surface area (Å²) in [7, 11) is 1.72. The van der Waals surface area contributed by atoms with Gasteiger partial charge in [0.25, 0.3) is 0 Å². The molecule has 1 unspecified atom stereocenters. The van der Waals surface area contributed by atoms with Gasteiger partial charge in [-0.1, -0.05) is 17.3 Å². The van der Waals surface area contributed by atoms with E-state index in [1.807, 2.05) is 6.92 Å². The molecule has 1 atom stereocenters. The highest BCUT2D eigenvalue weighted by Crippen LogP contribution is 2.31. The van der Waals surface area contributed by atoms with E-state index < -0.39 is 11.7 Å². The standard InChI is InChI=1S/C12H12F3N3O/c1-7(16-2)11-17-10(18-19-11)8-4-3-5-9(6-8)12(13,14)15/h3-7,16H,1-2H3. The van der Waals surface area contributed by atoms with Crippen molar-refractivity contribution >= 4 is 0 Å². The third-order valence-electron chi connectivity index (χ3n) is 2.69. The number of nitrogens with one attached hydrogen (secondary N) is 1. The highest BCUT2D eigenvalue weighted by atomic mass is 19.4. The van der Waals surface area contributed by atoms with Crippen molar-refractivity contribution in [2.24, 2.45) is 0 Å². The van der Waals surface area contributed by atoms with Crippen molar-refractivity contribution in [2.45, 2.75) is 19.1 Å². The predicted molar refractivity (Wildman–Crippen MR) is 62.2 cm³/mol.